The van der Waals surface area contributed by atoms with Crippen LogP contribution in [0.2, 0.25) is 5.02 Å². The average molecular weight is 384 g/mol. The van der Waals surface area contributed by atoms with Gasteiger partial charge in [-0.3, -0.25) is 4.79 Å². The first-order valence-corrected chi connectivity index (χ1v) is 7.80. The predicted molar refractivity (Wildman–Crippen MR) is 89.5 cm³/mol. The Bertz CT molecular complexity index is 984. The molecular formula is C16H13ClF3N5O. The highest BCUT2D eigenvalue weighted by atomic mass is 35.5. The fraction of sp³-hybridized carbons (Fsp3) is 0.250. The topological polar surface area (TPSA) is 63.9 Å². The number of hydrogen-bond acceptors (Lipinski definition) is 4. The summed E-state index contributed by atoms with van der Waals surface area (Å²) < 4.78 is 40.5. The molecule has 0 saturated carbocycles. The van der Waals surface area contributed by atoms with Gasteiger partial charge in [0.05, 0.1) is 28.7 Å². The van der Waals surface area contributed by atoms with E-state index in [0.717, 1.165) is 6.07 Å². The lowest BCUT2D eigenvalue weighted by Crippen LogP contribution is -2.26. The highest BCUT2D eigenvalue weighted by Crippen LogP contribution is 2.36. The van der Waals surface area contributed by atoms with Gasteiger partial charge in [-0.1, -0.05) is 17.7 Å². The molecule has 10 heteroatoms. The summed E-state index contributed by atoms with van der Waals surface area (Å²) >= 11 is 5.65. The zero-order chi connectivity index (χ0) is 19.1. The van der Waals surface area contributed by atoms with Crippen LogP contribution < -0.4 is 0 Å². The number of carbonyl (C=O) groups excluding carboxylic acids is 1. The van der Waals surface area contributed by atoms with Crippen molar-refractivity contribution < 1.29 is 18.0 Å². The van der Waals surface area contributed by atoms with Crippen molar-refractivity contribution in [3.63, 3.8) is 0 Å². The molecule has 0 unspecified atom stereocenters. The van der Waals surface area contributed by atoms with Crippen molar-refractivity contribution in [3.8, 4) is 11.3 Å². The SMILES string of the molecule is CN(C)C(=O)Cn1ncc2ncc(-c3ccc(Cl)c(C(F)(F)F)c3)nc21. The molecule has 3 aromatic rings. The molecule has 0 atom stereocenters. The molecule has 0 aliphatic carbocycles. The third-order valence-electron chi connectivity index (χ3n) is 3.70. The number of alkyl halides is 3. The number of nitrogens with zero attached hydrogens (tertiary/aromatic N) is 5. The van der Waals surface area contributed by atoms with Crippen molar-refractivity contribution in [2.45, 2.75) is 12.7 Å². The molecule has 0 saturated heterocycles. The van der Waals surface area contributed by atoms with Gasteiger partial charge in [0.15, 0.2) is 5.65 Å². The number of carbonyl (C=O) groups is 1. The van der Waals surface area contributed by atoms with E-state index in [1.54, 1.807) is 14.1 Å². The maximum absolute atomic E-state index is 13.1. The molecular weight excluding hydrogens is 371 g/mol. The van der Waals surface area contributed by atoms with Gasteiger partial charge in [0, 0.05) is 19.7 Å². The summed E-state index contributed by atoms with van der Waals surface area (Å²) in [7, 11) is 3.22. The van der Waals surface area contributed by atoms with Gasteiger partial charge < -0.3 is 4.90 Å². The van der Waals surface area contributed by atoms with E-state index in [1.807, 2.05) is 0 Å². The van der Waals surface area contributed by atoms with Gasteiger partial charge in [0.25, 0.3) is 0 Å². The van der Waals surface area contributed by atoms with Crippen LogP contribution in [0.25, 0.3) is 22.4 Å². The monoisotopic (exact) mass is 383 g/mol. The Balaban J connectivity index is 2.05. The Kier molecular flexibility index (Phi) is 4.57. The molecule has 1 aromatic carbocycles. The Labute approximate surface area is 151 Å². The number of hydrogen-bond donors (Lipinski definition) is 0. The minimum absolute atomic E-state index is 0.0525. The first kappa shape index (κ1) is 18.1. The molecule has 2 heterocycles. The summed E-state index contributed by atoms with van der Waals surface area (Å²) in [5.74, 6) is -0.201. The minimum Gasteiger partial charge on any atom is -0.347 e. The van der Waals surface area contributed by atoms with E-state index in [4.69, 9.17) is 11.6 Å². The van der Waals surface area contributed by atoms with E-state index in [-0.39, 0.29) is 23.7 Å². The molecule has 0 N–H and O–H groups in total. The smallest absolute Gasteiger partial charge is 0.347 e. The van der Waals surface area contributed by atoms with Gasteiger partial charge in [-0.25, -0.2) is 14.6 Å². The maximum atomic E-state index is 13.1. The largest absolute Gasteiger partial charge is 0.417 e. The van der Waals surface area contributed by atoms with E-state index in [1.165, 1.54) is 34.1 Å². The van der Waals surface area contributed by atoms with Gasteiger partial charge >= 0.3 is 6.18 Å². The summed E-state index contributed by atoms with van der Waals surface area (Å²) in [5.41, 5.74) is 0.225. The molecule has 0 radical (unpaired) electrons. The number of rotatable bonds is 3. The van der Waals surface area contributed by atoms with E-state index >= 15 is 0 Å². The van der Waals surface area contributed by atoms with E-state index in [9.17, 15) is 18.0 Å². The van der Waals surface area contributed by atoms with Crippen molar-refractivity contribution in [1.82, 2.24) is 24.6 Å². The Hall–Kier alpha value is -2.68. The second-order valence-corrected chi connectivity index (χ2v) is 6.15. The van der Waals surface area contributed by atoms with Gasteiger partial charge in [-0.2, -0.15) is 18.3 Å². The van der Waals surface area contributed by atoms with Gasteiger partial charge in [0.2, 0.25) is 5.91 Å². The van der Waals surface area contributed by atoms with Crippen molar-refractivity contribution >= 4 is 28.7 Å². The number of fused-ring (bicyclic) bond motifs is 1. The Morgan fingerprint density at radius 3 is 2.65 bits per heavy atom. The molecule has 0 fully saturated rings. The molecule has 0 bridgehead atoms. The quantitative estimate of drug-likeness (QED) is 0.696. The summed E-state index contributed by atoms with van der Waals surface area (Å²) in [5, 5.41) is 3.67. The van der Waals surface area contributed by atoms with Crippen molar-refractivity contribution in [2.75, 3.05) is 14.1 Å². The first-order chi connectivity index (χ1) is 12.2. The predicted octanol–water partition coefficient (Wildman–Crippen LogP) is 3.25. The summed E-state index contributed by atoms with van der Waals surface area (Å²) in [6.07, 6.45) is -1.78. The van der Waals surface area contributed by atoms with E-state index in [0.29, 0.717) is 11.2 Å². The standard InChI is InChI=1S/C16H13ClF3N5O/c1-24(2)14(26)8-25-15-13(7-22-25)21-6-12(23-15)9-3-4-11(17)10(5-9)16(18,19)20/h3-7H,8H2,1-2H3. The van der Waals surface area contributed by atoms with Crippen LogP contribution in [0.4, 0.5) is 13.2 Å². The van der Waals surface area contributed by atoms with E-state index in [2.05, 4.69) is 15.1 Å². The number of amides is 1. The molecule has 26 heavy (non-hydrogen) atoms. The van der Waals surface area contributed by atoms with Crippen molar-refractivity contribution in [2.24, 2.45) is 0 Å². The molecule has 136 valence electrons. The second kappa shape index (κ2) is 6.56. The molecule has 6 nitrogen and oxygen atoms in total. The van der Waals surface area contributed by atoms with Gasteiger partial charge in [-0.05, 0) is 12.1 Å². The second-order valence-electron chi connectivity index (χ2n) is 5.75. The van der Waals surface area contributed by atoms with Gasteiger partial charge in [-0.15, -0.1) is 0 Å². The van der Waals surface area contributed by atoms with Crippen LogP contribution in [-0.2, 0) is 17.5 Å². The number of halogens is 4. The molecule has 3 rings (SSSR count). The third-order valence-corrected chi connectivity index (χ3v) is 4.03. The normalized spacial score (nSPS) is 11.8. The van der Waals surface area contributed by atoms with Crippen LogP contribution in [0, 0.1) is 0 Å². The zero-order valence-electron chi connectivity index (χ0n) is 13.8. The molecule has 0 aliphatic rings. The Morgan fingerprint density at radius 1 is 1.27 bits per heavy atom. The summed E-state index contributed by atoms with van der Waals surface area (Å²) in [4.78, 5) is 21.8. The lowest BCUT2D eigenvalue weighted by Gasteiger charge is -2.11. The summed E-state index contributed by atoms with van der Waals surface area (Å²) in [6.45, 7) is -0.0525. The number of aromatic nitrogens is 4. The fourth-order valence-corrected chi connectivity index (χ4v) is 2.50. The van der Waals surface area contributed by atoms with Crippen LogP contribution >= 0.6 is 11.6 Å². The van der Waals surface area contributed by atoms with Crippen LogP contribution in [0.5, 0.6) is 0 Å². The lowest BCUT2D eigenvalue weighted by molar-refractivity contribution is -0.137. The molecule has 2 aromatic heterocycles. The number of benzene rings is 1. The van der Waals surface area contributed by atoms with Crippen molar-refractivity contribution in [1.29, 1.82) is 0 Å². The van der Waals surface area contributed by atoms with Crippen LogP contribution in [0.3, 0.4) is 0 Å². The number of likely N-dealkylation sites (N-methyl/N-ethyl adjacent to an activating group) is 1. The highest BCUT2D eigenvalue weighted by Gasteiger charge is 2.33. The molecule has 0 aliphatic heterocycles. The summed E-state index contributed by atoms with van der Waals surface area (Å²) in [6, 6.07) is 3.52. The van der Waals surface area contributed by atoms with Crippen LogP contribution in [0.15, 0.2) is 30.6 Å². The first-order valence-electron chi connectivity index (χ1n) is 7.42. The fourth-order valence-electron chi connectivity index (χ4n) is 2.27. The van der Waals surface area contributed by atoms with Gasteiger partial charge in [0.1, 0.15) is 12.1 Å². The van der Waals surface area contributed by atoms with E-state index < -0.39 is 16.8 Å². The molecule has 0 spiro atoms. The third kappa shape index (κ3) is 3.48. The lowest BCUT2D eigenvalue weighted by atomic mass is 10.1. The Morgan fingerprint density at radius 2 is 2.00 bits per heavy atom. The van der Waals surface area contributed by atoms with Crippen molar-refractivity contribution in [3.05, 3.63) is 41.2 Å². The highest BCUT2D eigenvalue weighted by molar-refractivity contribution is 6.31. The average Bonchev–Trinajstić information content (AvgIpc) is 2.96. The maximum Gasteiger partial charge on any atom is 0.417 e. The minimum atomic E-state index is -4.58. The zero-order valence-corrected chi connectivity index (χ0v) is 14.5. The van der Waals surface area contributed by atoms with Crippen LogP contribution in [0.1, 0.15) is 5.56 Å². The molecule has 1 amide bonds. The van der Waals surface area contributed by atoms with Crippen LogP contribution in [-0.4, -0.2) is 44.7 Å².